The van der Waals surface area contributed by atoms with Crippen molar-refractivity contribution in [3.63, 3.8) is 0 Å². The zero-order valence-electron chi connectivity index (χ0n) is 18.1. The Bertz CT molecular complexity index is 815. The van der Waals surface area contributed by atoms with Crippen LogP contribution in [0.15, 0.2) is 70.4 Å². The number of aliphatic imine (C=N–C) groups is 2. The molecule has 3 N–H and O–H groups in total. The van der Waals surface area contributed by atoms with E-state index in [0.29, 0.717) is 11.7 Å². The smallest absolute Gasteiger partial charge is 0.309 e. The summed E-state index contributed by atoms with van der Waals surface area (Å²) in [7, 11) is 4.10. The first-order valence-corrected chi connectivity index (χ1v) is 10.0. The van der Waals surface area contributed by atoms with Gasteiger partial charge in [0.25, 0.3) is 0 Å². The van der Waals surface area contributed by atoms with Gasteiger partial charge in [-0.05, 0) is 64.2 Å². The van der Waals surface area contributed by atoms with Crippen molar-refractivity contribution < 1.29 is 9.07 Å². The molecule has 166 valence electrons. The van der Waals surface area contributed by atoms with Crippen LogP contribution in [0.25, 0.3) is 0 Å². The Kier molecular flexibility index (Phi) is 9.44. The minimum absolute atomic E-state index is 0. The van der Waals surface area contributed by atoms with Crippen LogP contribution < -0.4 is 16.0 Å². The number of amides is 2. The molecular formula is C23H38N6O. The first-order valence-electron chi connectivity index (χ1n) is 10.0. The fourth-order valence-corrected chi connectivity index (χ4v) is 2.95. The summed E-state index contributed by atoms with van der Waals surface area (Å²) in [5.41, 5.74) is 3.62. The molecule has 1 aliphatic heterocycles. The van der Waals surface area contributed by atoms with E-state index in [-0.39, 0.29) is 16.5 Å². The number of hydrogen-bond donors (Lipinski definition) is 3. The van der Waals surface area contributed by atoms with E-state index in [1.54, 1.807) is 0 Å². The molecule has 7 nitrogen and oxygen atoms in total. The zero-order chi connectivity index (χ0) is 21.9. The SMILES string of the molecule is C=CC/C(C=C)=C1\[CH]C=C(NC(=O)NC2=NC(NCCCN(C)C)[CH]C(C)=N2)C=C1.[HH].[HH].[HH]. The lowest BCUT2D eigenvalue weighted by molar-refractivity contribution is 0.247. The maximum Gasteiger partial charge on any atom is 0.326 e. The molecule has 1 aliphatic carbocycles. The maximum atomic E-state index is 12.4. The van der Waals surface area contributed by atoms with E-state index in [1.807, 2.05) is 64.2 Å². The molecule has 0 fully saturated rings. The highest BCUT2D eigenvalue weighted by Gasteiger charge is 2.17. The van der Waals surface area contributed by atoms with Gasteiger partial charge < -0.3 is 10.2 Å². The normalized spacial score (nSPS) is 20.1. The van der Waals surface area contributed by atoms with Gasteiger partial charge in [-0.1, -0.05) is 30.9 Å². The first-order chi connectivity index (χ1) is 14.4. The van der Waals surface area contributed by atoms with Gasteiger partial charge in [-0.2, -0.15) is 0 Å². The average Bonchev–Trinajstić information content (AvgIpc) is 2.69. The standard InChI is InChI=1S/C23H32N6O.3H2/c1-6-9-18(7-2)19-10-12-20(13-11-19)26-23(30)28-22-25-17(3)16-21(27-22)24-14-8-15-29(4)5;;;/h6-7,10-13,16,21,24H,1-2,8-9,14-15H2,3-5H3,(H2,26,27,28,30);3*1H. The summed E-state index contributed by atoms with van der Waals surface area (Å²) in [5, 5.41) is 8.88. The third-order valence-corrected chi connectivity index (χ3v) is 4.43. The molecule has 0 saturated carbocycles. The van der Waals surface area contributed by atoms with E-state index < -0.39 is 0 Å². The van der Waals surface area contributed by atoms with Crippen LogP contribution in [0.2, 0.25) is 0 Å². The van der Waals surface area contributed by atoms with Gasteiger partial charge in [-0.15, -0.1) is 6.58 Å². The number of allylic oxidation sites excluding steroid dienone is 7. The largest absolute Gasteiger partial charge is 0.326 e. The van der Waals surface area contributed by atoms with Gasteiger partial charge in [-0.25, -0.2) is 14.8 Å². The quantitative estimate of drug-likeness (QED) is 0.398. The number of carbonyl (C=O) groups excluding carboxylic acids is 1. The summed E-state index contributed by atoms with van der Waals surface area (Å²) in [6.45, 7) is 11.3. The Morgan fingerprint density at radius 2 is 2.10 bits per heavy atom. The van der Waals surface area contributed by atoms with Crippen molar-refractivity contribution in [3.05, 3.63) is 73.2 Å². The fraction of sp³-hybridized carbons (Fsp3) is 0.348. The second-order valence-electron chi connectivity index (χ2n) is 7.31. The number of carbonyl (C=O) groups is 1. The predicted molar refractivity (Wildman–Crippen MR) is 131 cm³/mol. The van der Waals surface area contributed by atoms with Crippen molar-refractivity contribution in [2.45, 2.75) is 25.9 Å². The van der Waals surface area contributed by atoms with E-state index in [9.17, 15) is 4.79 Å². The van der Waals surface area contributed by atoms with Gasteiger partial charge in [-0.3, -0.25) is 10.6 Å². The second-order valence-corrected chi connectivity index (χ2v) is 7.31. The Hall–Kier alpha value is -2.77. The number of urea groups is 1. The number of hydrogen-bond acceptors (Lipinski definition) is 5. The Morgan fingerprint density at radius 3 is 2.73 bits per heavy atom. The third-order valence-electron chi connectivity index (χ3n) is 4.43. The summed E-state index contributed by atoms with van der Waals surface area (Å²) in [5.74, 6) is 0.294. The maximum absolute atomic E-state index is 12.4. The lowest BCUT2D eigenvalue weighted by Crippen LogP contribution is -2.43. The molecule has 0 aromatic rings. The molecule has 30 heavy (non-hydrogen) atoms. The van der Waals surface area contributed by atoms with Crippen LogP contribution in [0.4, 0.5) is 4.79 Å². The molecule has 0 aromatic carbocycles. The van der Waals surface area contributed by atoms with Gasteiger partial charge in [0.1, 0.15) is 6.17 Å². The monoisotopic (exact) mass is 414 g/mol. The Balaban J connectivity index is 0. The lowest BCUT2D eigenvalue weighted by Gasteiger charge is -2.20. The molecular weight excluding hydrogens is 376 g/mol. The topological polar surface area (TPSA) is 81.1 Å². The molecule has 2 rings (SSSR count). The highest BCUT2D eigenvalue weighted by molar-refractivity contribution is 6.07. The van der Waals surface area contributed by atoms with Crippen molar-refractivity contribution in [1.29, 1.82) is 0 Å². The van der Waals surface area contributed by atoms with Gasteiger partial charge in [0.05, 0.1) is 0 Å². The van der Waals surface area contributed by atoms with Crippen LogP contribution >= 0.6 is 0 Å². The van der Waals surface area contributed by atoms with E-state index in [2.05, 4.69) is 44.0 Å². The molecule has 1 unspecified atom stereocenters. The molecule has 0 aromatic heterocycles. The summed E-state index contributed by atoms with van der Waals surface area (Å²) in [4.78, 5) is 23.3. The number of nitrogens with zero attached hydrogens (tertiary/aromatic N) is 3. The van der Waals surface area contributed by atoms with Crippen LogP contribution in [-0.2, 0) is 0 Å². The summed E-state index contributed by atoms with van der Waals surface area (Å²) in [6.07, 6.45) is 14.7. The number of rotatable bonds is 9. The molecule has 1 atom stereocenters. The lowest BCUT2D eigenvalue weighted by atomic mass is 9.98. The summed E-state index contributed by atoms with van der Waals surface area (Å²) >= 11 is 0. The fourth-order valence-electron chi connectivity index (χ4n) is 2.95. The van der Waals surface area contributed by atoms with Crippen molar-refractivity contribution in [2.24, 2.45) is 9.98 Å². The third kappa shape index (κ3) is 7.93. The Labute approximate surface area is 184 Å². The zero-order valence-corrected chi connectivity index (χ0v) is 18.1. The van der Waals surface area contributed by atoms with Gasteiger partial charge >= 0.3 is 6.03 Å². The Morgan fingerprint density at radius 1 is 1.30 bits per heavy atom. The van der Waals surface area contributed by atoms with Gasteiger partial charge in [0.2, 0.25) is 5.96 Å². The highest BCUT2D eigenvalue weighted by Crippen LogP contribution is 2.20. The first kappa shape index (κ1) is 23.5. The average molecular weight is 415 g/mol. The van der Waals surface area contributed by atoms with Gasteiger partial charge in [0.15, 0.2) is 0 Å². The van der Waals surface area contributed by atoms with Gasteiger partial charge in [0, 0.05) is 28.5 Å². The number of nitrogens with one attached hydrogen (secondary N) is 3. The van der Waals surface area contributed by atoms with Crippen molar-refractivity contribution >= 4 is 17.7 Å². The minimum Gasteiger partial charge on any atom is -0.309 e. The van der Waals surface area contributed by atoms with Crippen LogP contribution in [-0.4, -0.2) is 56.0 Å². The van der Waals surface area contributed by atoms with Crippen LogP contribution in [0, 0.1) is 12.8 Å². The van der Waals surface area contributed by atoms with Crippen LogP contribution in [0.3, 0.4) is 0 Å². The molecule has 1 heterocycles. The molecule has 2 amide bonds. The van der Waals surface area contributed by atoms with Crippen LogP contribution in [0.5, 0.6) is 0 Å². The molecule has 0 bridgehead atoms. The second kappa shape index (κ2) is 12.0. The molecule has 2 aliphatic rings. The van der Waals surface area contributed by atoms with E-state index in [4.69, 9.17) is 0 Å². The highest BCUT2D eigenvalue weighted by atomic mass is 16.2. The van der Waals surface area contributed by atoms with Crippen molar-refractivity contribution in [2.75, 3.05) is 27.2 Å². The van der Waals surface area contributed by atoms with Crippen LogP contribution in [0.1, 0.15) is 24.0 Å². The minimum atomic E-state index is -0.384. The predicted octanol–water partition coefficient (Wildman–Crippen LogP) is 3.64. The van der Waals surface area contributed by atoms with E-state index in [0.717, 1.165) is 42.8 Å². The molecule has 2 radical (unpaired) electrons. The summed E-state index contributed by atoms with van der Waals surface area (Å²) in [6, 6.07) is -0.384. The van der Waals surface area contributed by atoms with E-state index >= 15 is 0 Å². The molecule has 0 spiro atoms. The number of guanidine groups is 1. The van der Waals surface area contributed by atoms with Crippen molar-refractivity contribution in [3.8, 4) is 0 Å². The molecule has 7 heteroatoms. The molecule has 0 saturated heterocycles. The van der Waals surface area contributed by atoms with Crippen molar-refractivity contribution in [1.82, 2.24) is 20.9 Å². The van der Waals surface area contributed by atoms with E-state index in [1.165, 1.54) is 0 Å². The summed E-state index contributed by atoms with van der Waals surface area (Å²) < 4.78 is 0.